The Hall–Kier alpha value is -0.790. The Labute approximate surface area is 125 Å². The number of ether oxygens (including phenoxy) is 1. The lowest BCUT2D eigenvalue weighted by molar-refractivity contribution is -0.140. The van der Waals surface area contributed by atoms with Crippen LogP contribution >= 0.6 is 0 Å². The number of carbonyl (C=O) groups is 1. The van der Waals surface area contributed by atoms with Crippen molar-refractivity contribution in [1.82, 2.24) is 0 Å². The average Bonchev–Trinajstić information content (AvgIpc) is 2.94. The molecule has 1 aliphatic rings. The second-order valence-corrected chi connectivity index (χ2v) is 6.49. The first-order chi connectivity index (χ1) is 9.47. The monoisotopic (exact) mass is 280 g/mol. The summed E-state index contributed by atoms with van der Waals surface area (Å²) < 4.78 is 5.37. The molecule has 0 bridgehead atoms. The summed E-state index contributed by atoms with van der Waals surface area (Å²) in [6.07, 6.45) is 10.0. The quantitative estimate of drug-likeness (QED) is 0.447. The summed E-state index contributed by atoms with van der Waals surface area (Å²) in [5, 5.41) is 0. The van der Waals surface area contributed by atoms with E-state index in [1.54, 1.807) is 6.92 Å². The predicted octanol–water partition coefficient (Wildman–Crippen LogP) is 5.27. The number of hydrogen-bond donors (Lipinski definition) is 0. The molecule has 0 unspecified atom stereocenters. The maximum Gasteiger partial charge on any atom is 0.333 e. The highest BCUT2D eigenvalue weighted by molar-refractivity contribution is 5.86. The fourth-order valence-corrected chi connectivity index (χ4v) is 4.39. The van der Waals surface area contributed by atoms with Gasteiger partial charge in [0.15, 0.2) is 0 Å². The molecule has 20 heavy (non-hydrogen) atoms. The van der Waals surface area contributed by atoms with Crippen molar-refractivity contribution in [3.8, 4) is 0 Å². The van der Waals surface area contributed by atoms with E-state index in [1.165, 1.54) is 44.9 Å². The van der Waals surface area contributed by atoms with Gasteiger partial charge < -0.3 is 4.74 Å². The molecule has 0 radical (unpaired) electrons. The zero-order valence-electron chi connectivity index (χ0n) is 13.9. The van der Waals surface area contributed by atoms with Crippen LogP contribution in [0.25, 0.3) is 0 Å². The van der Waals surface area contributed by atoms with Gasteiger partial charge in [-0.25, -0.2) is 4.79 Å². The van der Waals surface area contributed by atoms with Crippen molar-refractivity contribution in [2.75, 3.05) is 6.61 Å². The summed E-state index contributed by atoms with van der Waals surface area (Å²) in [5.41, 5.74) is 1.29. The van der Waals surface area contributed by atoms with E-state index >= 15 is 0 Å². The summed E-state index contributed by atoms with van der Waals surface area (Å²) in [4.78, 5) is 11.6. The molecule has 0 aromatic rings. The van der Waals surface area contributed by atoms with Gasteiger partial charge >= 0.3 is 5.97 Å². The third-order valence-corrected chi connectivity index (χ3v) is 5.88. The van der Waals surface area contributed by atoms with Crippen LogP contribution in [0.3, 0.4) is 0 Å². The van der Waals surface area contributed by atoms with Crippen molar-refractivity contribution in [3.05, 3.63) is 12.2 Å². The molecule has 116 valence electrons. The highest BCUT2D eigenvalue weighted by Gasteiger charge is 2.48. The average molecular weight is 280 g/mol. The molecule has 0 amide bonds. The Kier molecular flexibility index (Phi) is 6.29. The molecule has 1 fully saturated rings. The van der Waals surface area contributed by atoms with Gasteiger partial charge in [0.25, 0.3) is 0 Å². The minimum atomic E-state index is -0.247. The molecular formula is C18H32O2. The number of hydrogen-bond acceptors (Lipinski definition) is 2. The summed E-state index contributed by atoms with van der Waals surface area (Å²) in [6.45, 7) is 12.8. The molecule has 1 saturated carbocycles. The topological polar surface area (TPSA) is 26.3 Å². The Morgan fingerprint density at radius 1 is 1.20 bits per heavy atom. The first kappa shape index (κ1) is 17.3. The van der Waals surface area contributed by atoms with Crippen LogP contribution in [-0.4, -0.2) is 12.6 Å². The van der Waals surface area contributed by atoms with Gasteiger partial charge in [-0.05, 0) is 56.3 Å². The van der Waals surface area contributed by atoms with Crippen LogP contribution in [-0.2, 0) is 9.53 Å². The summed E-state index contributed by atoms with van der Waals surface area (Å²) >= 11 is 0. The number of carbonyl (C=O) groups excluding carboxylic acids is 1. The van der Waals surface area contributed by atoms with Crippen molar-refractivity contribution in [2.24, 2.45) is 10.8 Å². The Balaban J connectivity index is 2.76. The molecule has 0 atom stereocenters. The van der Waals surface area contributed by atoms with Gasteiger partial charge in [0, 0.05) is 5.57 Å². The van der Waals surface area contributed by atoms with Crippen LogP contribution in [0.4, 0.5) is 0 Å². The Bertz CT molecular complexity index is 333. The minimum absolute atomic E-state index is 0.247. The summed E-state index contributed by atoms with van der Waals surface area (Å²) in [6, 6.07) is 0. The van der Waals surface area contributed by atoms with E-state index in [0.717, 1.165) is 6.42 Å². The molecule has 2 heteroatoms. The minimum Gasteiger partial charge on any atom is -0.462 e. The van der Waals surface area contributed by atoms with Crippen LogP contribution in [0.2, 0.25) is 0 Å². The van der Waals surface area contributed by atoms with E-state index in [-0.39, 0.29) is 5.97 Å². The summed E-state index contributed by atoms with van der Waals surface area (Å²) in [7, 11) is 0. The molecule has 1 aliphatic carbocycles. The molecular weight excluding hydrogens is 248 g/mol. The van der Waals surface area contributed by atoms with Crippen molar-refractivity contribution in [1.29, 1.82) is 0 Å². The fraction of sp³-hybridized carbons (Fsp3) is 0.833. The third-order valence-electron chi connectivity index (χ3n) is 5.88. The van der Waals surface area contributed by atoms with Gasteiger partial charge in [0.05, 0.1) is 6.61 Å². The van der Waals surface area contributed by atoms with Gasteiger partial charge in [-0.3, -0.25) is 0 Å². The summed E-state index contributed by atoms with van der Waals surface area (Å²) in [5.74, 6) is -0.247. The Morgan fingerprint density at radius 3 is 2.15 bits per heavy atom. The van der Waals surface area contributed by atoms with E-state index in [1.807, 2.05) is 0 Å². The van der Waals surface area contributed by atoms with Gasteiger partial charge in [-0.2, -0.15) is 0 Å². The van der Waals surface area contributed by atoms with E-state index in [0.29, 0.717) is 23.0 Å². The lowest BCUT2D eigenvalue weighted by atomic mass is 9.56. The third kappa shape index (κ3) is 3.27. The molecule has 0 spiro atoms. The largest absolute Gasteiger partial charge is 0.462 e. The van der Waals surface area contributed by atoms with Crippen LogP contribution in [0.15, 0.2) is 12.2 Å². The van der Waals surface area contributed by atoms with E-state index in [9.17, 15) is 4.79 Å². The molecule has 2 nitrogen and oxygen atoms in total. The molecule has 0 saturated heterocycles. The lowest BCUT2D eigenvalue weighted by Gasteiger charge is -2.48. The smallest absolute Gasteiger partial charge is 0.333 e. The van der Waals surface area contributed by atoms with E-state index < -0.39 is 0 Å². The molecule has 1 rings (SSSR count). The van der Waals surface area contributed by atoms with Crippen LogP contribution in [0.1, 0.15) is 79.1 Å². The van der Waals surface area contributed by atoms with Gasteiger partial charge in [0.1, 0.15) is 0 Å². The van der Waals surface area contributed by atoms with Gasteiger partial charge in [-0.1, -0.05) is 40.2 Å². The maximum atomic E-state index is 11.6. The normalized spacial score (nSPS) is 18.0. The van der Waals surface area contributed by atoms with Gasteiger partial charge in [0.2, 0.25) is 0 Å². The first-order valence-corrected chi connectivity index (χ1v) is 8.29. The van der Waals surface area contributed by atoms with E-state index in [2.05, 4.69) is 27.4 Å². The second kappa shape index (κ2) is 7.28. The predicted molar refractivity (Wildman–Crippen MR) is 84.6 cm³/mol. The SMILES string of the molecule is C=C(C)C(=O)OCCC(CC)(CC)C1(CC)CCCC1. The maximum absolute atomic E-state index is 11.6. The number of rotatable bonds is 8. The standard InChI is InChI=1S/C18H32O2/c1-6-17(7-2,13-14-20-16(19)15(4)5)18(8-3)11-9-10-12-18/h4,6-14H2,1-3,5H3. The van der Waals surface area contributed by atoms with Crippen molar-refractivity contribution >= 4 is 5.97 Å². The molecule has 0 aromatic heterocycles. The zero-order valence-corrected chi connectivity index (χ0v) is 13.9. The zero-order chi connectivity index (χ0) is 15.2. The molecule has 0 N–H and O–H groups in total. The Morgan fingerprint density at radius 2 is 1.75 bits per heavy atom. The van der Waals surface area contributed by atoms with Crippen molar-refractivity contribution in [3.63, 3.8) is 0 Å². The van der Waals surface area contributed by atoms with Crippen LogP contribution in [0, 0.1) is 10.8 Å². The number of esters is 1. The van der Waals surface area contributed by atoms with Crippen LogP contribution < -0.4 is 0 Å². The molecule has 0 aliphatic heterocycles. The molecule has 0 heterocycles. The lowest BCUT2D eigenvalue weighted by Crippen LogP contribution is -2.40. The van der Waals surface area contributed by atoms with Crippen molar-refractivity contribution < 1.29 is 9.53 Å². The van der Waals surface area contributed by atoms with Gasteiger partial charge in [-0.15, -0.1) is 0 Å². The fourth-order valence-electron chi connectivity index (χ4n) is 4.39. The highest BCUT2D eigenvalue weighted by atomic mass is 16.5. The molecule has 0 aromatic carbocycles. The van der Waals surface area contributed by atoms with Crippen LogP contribution in [0.5, 0.6) is 0 Å². The second-order valence-electron chi connectivity index (χ2n) is 6.49. The van der Waals surface area contributed by atoms with E-state index in [4.69, 9.17) is 4.74 Å². The highest BCUT2D eigenvalue weighted by Crippen LogP contribution is 2.58. The first-order valence-electron chi connectivity index (χ1n) is 8.29. The van der Waals surface area contributed by atoms with Crippen molar-refractivity contribution in [2.45, 2.75) is 79.1 Å².